The number of rotatable bonds is 5. The first-order valence-corrected chi connectivity index (χ1v) is 10.3. The van der Waals surface area contributed by atoms with Crippen molar-refractivity contribution in [1.82, 2.24) is 19.8 Å². The summed E-state index contributed by atoms with van der Waals surface area (Å²) in [5.74, 6) is 1.57. The highest BCUT2D eigenvalue weighted by molar-refractivity contribution is 7.92. The van der Waals surface area contributed by atoms with Gasteiger partial charge in [0.15, 0.2) is 11.5 Å². The monoisotopic (exact) mass is 395 g/mol. The number of ether oxygens (including phenoxy) is 1. The van der Waals surface area contributed by atoms with Crippen LogP contribution < -0.4 is 9.46 Å². The molecule has 0 radical (unpaired) electrons. The van der Waals surface area contributed by atoms with Crippen molar-refractivity contribution in [3.05, 3.63) is 66.5 Å². The molecule has 0 aliphatic heterocycles. The van der Waals surface area contributed by atoms with Gasteiger partial charge in [-0.25, -0.2) is 8.42 Å². The van der Waals surface area contributed by atoms with Crippen LogP contribution in [0.25, 0.3) is 16.8 Å². The topological polar surface area (TPSA) is 98.5 Å². The standard InChI is InChI=1S/C19H17N5O3S/c1-13-20-21-18-10-11-19(22-24(13)18)27-17-9-8-15(23-28(2,25)26)12-16(17)14-6-4-3-5-7-14/h3-12,23H,1-2H3. The number of aromatic nitrogens is 4. The zero-order chi connectivity index (χ0) is 19.7. The molecule has 0 atom stereocenters. The molecule has 1 N–H and O–H groups in total. The molecule has 0 aliphatic rings. The Kier molecular flexibility index (Phi) is 4.44. The fourth-order valence-corrected chi connectivity index (χ4v) is 3.34. The fraction of sp³-hybridized carbons (Fsp3) is 0.105. The van der Waals surface area contributed by atoms with Gasteiger partial charge in [0.2, 0.25) is 15.9 Å². The molecule has 0 spiro atoms. The third-order valence-electron chi connectivity index (χ3n) is 3.98. The van der Waals surface area contributed by atoms with E-state index in [0.717, 1.165) is 17.4 Å². The van der Waals surface area contributed by atoms with Crippen LogP contribution in [0, 0.1) is 6.92 Å². The molecule has 2 aromatic carbocycles. The highest BCUT2D eigenvalue weighted by atomic mass is 32.2. The molecule has 2 aromatic heterocycles. The van der Waals surface area contributed by atoms with Crippen LogP contribution in [0.5, 0.6) is 11.6 Å². The quantitative estimate of drug-likeness (QED) is 0.557. The summed E-state index contributed by atoms with van der Waals surface area (Å²) in [4.78, 5) is 0. The summed E-state index contributed by atoms with van der Waals surface area (Å²) in [5, 5.41) is 12.4. The number of nitrogens with zero attached hydrogens (tertiary/aromatic N) is 4. The van der Waals surface area contributed by atoms with E-state index in [9.17, 15) is 8.42 Å². The molecule has 0 aliphatic carbocycles. The molecule has 0 unspecified atom stereocenters. The Bertz CT molecular complexity index is 1250. The summed E-state index contributed by atoms with van der Waals surface area (Å²) < 4.78 is 33.3. The Morgan fingerprint density at radius 3 is 2.54 bits per heavy atom. The van der Waals surface area contributed by atoms with Crippen molar-refractivity contribution in [2.45, 2.75) is 6.92 Å². The summed E-state index contributed by atoms with van der Waals surface area (Å²) in [6.07, 6.45) is 1.11. The predicted molar refractivity (Wildman–Crippen MR) is 106 cm³/mol. The molecule has 0 saturated heterocycles. The van der Waals surface area contributed by atoms with Gasteiger partial charge in [-0.15, -0.1) is 15.3 Å². The first-order chi connectivity index (χ1) is 13.4. The van der Waals surface area contributed by atoms with Crippen LogP contribution in [0.15, 0.2) is 60.7 Å². The normalized spacial score (nSPS) is 11.5. The van der Waals surface area contributed by atoms with Gasteiger partial charge in [-0.1, -0.05) is 30.3 Å². The Hall–Kier alpha value is -3.46. The second kappa shape index (κ2) is 6.93. The van der Waals surface area contributed by atoms with E-state index in [4.69, 9.17) is 4.74 Å². The average molecular weight is 395 g/mol. The average Bonchev–Trinajstić information content (AvgIpc) is 3.03. The first-order valence-electron chi connectivity index (χ1n) is 8.43. The van der Waals surface area contributed by atoms with E-state index in [-0.39, 0.29) is 0 Å². The van der Waals surface area contributed by atoms with Crippen LogP contribution in [0.2, 0.25) is 0 Å². The van der Waals surface area contributed by atoms with Gasteiger partial charge >= 0.3 is 0 Å². The molecule has 0 saturated carbocycles. The van der Waals surface area contributed by atoms with E-state index in [1.165, 1.54) is 0 Å². The van der Waals surface area contributed by atoms with Crippen molar-refractivity contribution < 1.29 is 13.2 Å². The number of fused-ring (bicyclic) bond motifs is 1. The van der Waals surface area contributed by atoms with Crippen LogP contribution in [0.3, 0.4) is 0 Å². The van der Waals surface area contributed by atoms with E-state index >= 15 is 0 Å². The zero-order valence-corrected chi connectivity index (χ0v) is 16.0. The van der Waals surface area contributed by atoms with E-state index < -0.39 is 10.0 Å². The van der Waals surface area contributed by atoms with Crippen molar-refractivity contribution >= 4 is 21.4 Å². The lowest BCUT2D eigenvalue weighted by molar-refractivity contribution is 0.453. The number of nitrogens with one attached hydrogen (secondary N) is 1. The molecular formula is C19H17N5O3S. The van der Waals surface area contributed by atoms with Crippen molar-refractivity contribution in [1.29, 1.82) is 0 Å². The maximum absolute atomic E-state index is 11.6. The van der Waals surface area contributed by atoms with Crippen molar-refractivity contribution in [2.75, 3.05) is 11.0 Å². The van der Waals surface area contributed by atoms with Crippen molar-refractivity contribution in [2.24, 2.45) is 0 Å². The molecule has 142 valence electrons. The van der Waals surface area contributed by atoms with Gasteiger partial charge in [-0.2, -0.15) is 4.52 Å². The van der Waals surface area contributed by atoms with Crippen LogP contribution >= 0.6 is 0 Å². The Balaban J connectivity index is 1.77. The van der Waals surface area contributed by atoms with Gasteiger partial charge < -0.3 is 4.74 Å². The van der Waals surface area contributed by atoms with E-state index in [1.807, 2.05) is 30.3 Å². The molecular weight excluding hydrogens is 378 g/mol. The molecule has 0 bridgehead atoms. The number of sulfonamides is 1. The number of benzene rings is 2. The lowest BCUT2D eigenvalue weighted by atomic mass is 10.0. The minimum Gasteiger partial charge on any atom is -0.437 e. The van der Waals surface area contributed by atoms with E-state index in [0.29, 0.717) is 28.8 Å². The molecule has 4 rings (SSSR count). The smallest absolute Gasteiger partial charge is 0.237 e. The van der Waals surface area contributed by atoms with Crippen LogP contribution in [0.1, 0.15) is 5.82 Å². The van der Waals surface area contributed by atoms with Crippen LogP contribution in [-0.4, -0.2) is 34.5 Å². The highest BCUT2D eigenvalue weighted by Crippen LogP contribution is 2.35. The Labute approximate surface area is 161 Å². The maximum Gasteiger partial charge on any atom is 0.237 e. The molecule has 28 heavy (non-hydrogen) atoms. The van der Waals surface area contributed by atoms with E-state index in [2.05, 4.69) is 20.0 Å². The Morgan fingerprint density at radius 2 is 1.79 bits per heavy atom. The largest absolute Gasteiger partial charge is 0.437 e. The van der Waals surface area contributed by atoms with Gasteiger partial charge in [0, 0.05) is 17.3 Å². The number of hydrogen-bond acceptors (Lipinski definition) is 6. The lowest BCUT2D eigenvalue weighted by Gasteiger charge is -2.13. The summed E-state index contributed by atoms with van der Waals surface area (Å²) in [6.45, 7) is 1.80. The second-order valence-corrected chi connectivity index (χ2v) is 7.99. The van der Waals surface area contributed by atoms with Crippen LogP contribution in [0.4, 0.5) is 5.69 Å². The summed E-state index contributed by atoms with van der Waals surface area (Å²) in [6, 6.07) is 18.1. The van der Waals surface area contributed by atoms with Crippen LogP contribution in [-0.2, 0) is 10.0 Å². The number of anilines is 1. The summed E-state index contributed by atoms with van der Waals surface area (Å²) in [5.41, 5.74) is 2.69. The molecule has 0 fully saturated rings. The lowest BCUT2D eigenvalue weighted by Crippen LogP contribution is -2.09. The summed E-state index contributed by atoms with van der Waals surface area (Å²) in [7, 11) is -3.39. The van der Waals surface area contributed by atoms with Crippen molar-refractivity contribution in [3.8, 4) is 22.8 Å². The molecule has 0 amide bonds. The van der Waals surface area contributed by atoms with Gasteiger partial charge in [0.1, 0.15) is 5.75 Å². The molecule has 4 aromatic rings. The third kappa shape index (κ3) is 3.79. The highest BCUT2D eigenvalue weighted by Gasteiger charge is 2.12. The Morgan fingerprint density at radius 1 is 1.00 bits per heavy atom. The predicted octanol–water partition coefficient (Wildman–Crippen LogP) is 3.26. The summed E-state index contributed by atoms with van der Waals surface area (Å²) >= 11 is 0. The van der Waals surface area contributed by atoms with E-state index in [1.54, 1.807) is 41.8 Å². The first kappa shape index (κ1) is 17.9. The third-order valence-corrected chi connectivity index (χ3v) is 4.58. The molecule has 9 heteroatoms. The zero-order valence-electron chi connectivity index (χ0n) is 15.2. The molecule has 8 nitrogen and oxygen atoms in total. The SMILES string of the molecule is Cc1nnc2ccc(Oc3ccc(NS(C)(=O)=O)cc3-c3ccccc3)nn12. The number of aryl methyl sites for hydroxylation is 1. The fourth-order valence-electron chi connectivity index (χ4n) is 2.79. The minimum atomic E-state index is -3.39. The van der Waals surface area contributed by atoms with Gasteiger partial charge in [-0.3, -0.25) is 4.72 Å². The van der Waals surface area contributed by atoms with Gasteiger partial charge in [0.25, 0.3) is 0 Å². The molecule has 2 heterocycles. The van der Waals surface area contributed by atoms with Gasteiger partial charge in [0.05, 0.1) is 6.26 Å². The second-order valence-electron chi connectivity index (χ2n) is 6.24. The van der Waals surface area contributed by atoms with Crippen molar-refractivity contribution in [3.63, 3.8) is 0 Å². The minimum absolute atomic E-state index is 0.372. The maximum atomic E-state index is 11.6. The van der Waals surface area contributed by atoms with Gasteiger partial charge in [-0.05, 0) is 36.8 Å². The number of hydrogen-bond donors (Lipinski definition) is 1.